The van der Waals surface area contributed by atoms with Crippen LogP contribution in [0.3, 0.4) is 0 Å². The molecule has 0 amide bonds. The van der Waals surface area contributed by atoms with Crippen LogP contribution in [0.2, 0.25) is 0 Å². The second-order valence-electron chi connectivity index (χ2n) is 4.56. The number of hydrogen-bond acceptors (Lipinski definition) is 8. The predicted octanol–water partition coefficient (Wildman–Crippen LogP) is 3.73. The van der Waals surface area contributed by atoms with Crippen LogP contribution < -0.4 is 5.84 Å². The van der Waals surface area contributed by atoms with Crippen molar-refractivity contribution in [2.75, 3.05) is 5.84 Å². The van der Waals surface area contributed by atoms with Crippen LogP contribution in [-0.2, 0) is 5.75 Å². The van der Waals surface area contributed by atoms with Crippen LogP contribution in [0.4, 0.5) is 0 Å². The molecule has 0 aliphatic carbocycles. The van der Waals surface area contributed by atoms with Gasteiger partial charge in [0.05, 0.1) is 15.4 Å². The average molecular weight is 361 g/mol. The fourth-order valence-corrected chi connectivity index (χ4v) is 4.07. The summed E-state index contributed by atoms with van der Waals surface area (Å²) in [5.74, 6) is 8.01. The summed E-state index contributed by atoms with van der Waals surface area (Å²) >= 11 is 4.66. The third-order valence-corrected chi connectivity index (χ3v) is 5.74. The van der Waals surface area contributed by atoms with Gasteiger partial charge < -0.3 is 10.3 Å². The minimum Gasteiger partial charge on any atom is -0.444 e. The van der Waals surface area contributed by atoms with Crippen molar-refractivity contribution in [1.29, 1.82) is 0 Å². The molecule has 4 rings (SSSR count). The molecular weight excluding hydrogens is 350 g/mol. The van der Waals surface area contributed by atoms with Crippen LogP contribution in [0.1, 0.15) is 5.69 Å². The molecule has 9 heteroatoms. The minimum absolute atomic E-state index is 0.620. The lowest BCUT2D eigenvalue weighted by molar-refractivity contribution is 0.575. The third-order valence-electron chi connectivity index (χ3n) is 3.04. The van der Waals surface area contributed by atoms with Crippen molar-refractivity contribution in [2.24, 2.45) is 0 Å². The Morgan fingerprint density at radius 1 is 1.13 bits per heavy atom. The van der Waals surface area contributed by atoms with E-state index in [9.17, 15) is 0 Å². The number of thioether (sulfide) groups is 1. The van der Waals surface area contributed by atoms with Crippen LogP contribution in [0.15, 0.2) is 50.9 Å². The number of oxazole rings is 1. The molecule has 4 aromatic rings. The van der Waals surface area contributed by atoms with E-state index in [1.807, 2.05) is 35.0 Å². The summed E-state index contributed by atoms with van der Waals surface area (Å²) in [6.45, 7) is 0. The Kier molecular flexibility index (Phi) is 3.90. The van der Waals surface area contributed by atoms with Crippen molar-refractivity contribution in [3.63, 3.8) is 0 Å². The van der Waals surface area contributed by atoms with Gasteiger partial charge in [-0.05, 0) is 22.9 Å². The van der Waals surface area contributed by atoms with Crippen LogP contribution in [-0.4, -0.2) is 19.9 Å². The standard InChI is InChI=1S/C14H11N5OS3/c15-19-12(10-3-1-5-21-10)17-18-14(19)23-8-9-7-20-13(16-9)11-4-2-6-22-11/h1-7H,8,15H2. The molecule has 6 nitrogen and oxygen atoms in total. The monoisotopic (exact) mass is 361 g/mol. The van der Waals surface area contributed by atoms with E-state index >= 15 is 0 Å². The van der Waals surface area contributed by atoms with E-state index in [1.165, 1.54) is 16.4 Å². The molecule has 0 aliphatic rings. The Morgan fingerprint density at radius 3 is 2.65 bits per heavy atom. The maximum absolute atomic E-state index is 6.08. The van der Waals surface area contributed by atoms with Crippen molar-refractivity contribution < 1.29 is 4.42 Å². The van der Waals surface area contributed by atoms with Crippen molar-refractivity contribution in [2.45, 2.75) is 10.9 Å². The fourth-order valence-electron chi connectivity index (χ4n) is 1.97. The predicted molar refractivity (Wildman–Crippen MR) is 92.9 cm³/mol. The first kappa shape index (κ1) is 14.5. The summed E-state index contributed by atoms with van der Waals surface area (Å²) in [7, 11) is 0. The van der Waals surface area contributed by atoms with Gasteiger partial charge in [0.25, 0.3) is 0 Å². The molecule has 0 unspecified atom stereocenters. The van der Waals surface area contributed by atoms with E-state index in [2.05, 4.69) is 15.2 Å². The first-order chi connectivity index (χ1) is 11.3. The van der Waals surface area contributed by atoms with E-state index in [1.54, 1.807) is 28.9 Å². The maximum Gasteiger partial charge on any atom is 0.236 e. The van der Waals surface area contributed by atoms with Gasteiger partial charge in [0.1, 0.15) is 6.26 Å². The second-order valence-corrected chi connectivity index (χ2v) is 7.40. The summed E-state index contributed by atoms with van der Waals surface area (Å²) in [6, 6.07) is 7.89. The van der Waals surface area contributed by atoms with Crippen molar-refractivity contribution >= 4 is 34.4 Å². The highest BCUT2D eigenvalue weighted by Crippen LogP contribution is 2.28. The maximum atomic E-state index is 6.08. The molecule has 23 heavy (non-hydrogen) atoms. The molecule has 0 bridgehead atoms. The number of hydrogen-bond donors (Lipinski definition) is 1. The zero-order chi connectivity index (χ0) is 15.6. The molecule has 0 radical (unpaired) electrons. The molecule has 0 atom stereocenters. The molecule has 2 N–H and O–H groups in total. The number of nitrogen functional groups attached to an aromatic ring is 1. The van der Waals surface area contributed by atoms with Crippen molar-refractivity contribution in [1.82, 2.24) is 19.9 Å². The zero-order valence-electron chi connectivity index (χ0n) is 11.7. The van der Waals surface area contributed by atoms with E-state index in [0.717, 1.165) is 15.4 Å². The SMILES string of the molecule is Nn1c(SCc2coc(-c3cccs3)n2)nnc1-c1cccs1. The highest BCUT2D eigenvalue weighted by Gasteiger charge is 2.14. The molecule has 0 aromatic carbocycles. The van der Waals surface area contributed by atoms with Crippen LogP contribution >= 0.6 is 34.4 Å². The van der Waals surface area contributed by atoms with E-state index in [4.69, 9.17) is 10.3 Å². The van der Waals surface area contributed by atoms with Gasteiger partial charge in [-0.1, -0.05) is 23.9 Å². The molecule has 4 heterocycles. The number of rotatable bonds is 5. The van der Waals surface area contributed by atoms with Crippen molar-refractivity contribution in [3.05, 3.63) is 47.0 Å². The third kappa shape index (κ3) is 2.90. The molecule has 0 saturated heterocycles. The summed E-state index contributed by atoms with van der Waals surface area (Å²) in [5, 5.41) is 12.9. The fraction of sp³-hybridized carbons (Fsp3) is 0.0714. The lowest BCUT2D eigenvalue weighted by Gasteiger charge is -2.00. The number of nitrogens with zero attached hydrogens (tertiary/aromatic N) is 4. The quantitative estimate of drug-likeness (QED) is 0.431. The summed E-state index contributed by atoms with van der Waals surface area (Å²) in [5.41, 5.74) is 0.846. The highest BCUT2D eigenvalue weighted by atomic mass is 32.2. The molecule has 0 saturated carbocycles. The molecule has 0 fully saturated rings. The molecule has 0 aliphatic heterocycles. The first-order valence-electron chi connectivity index (χ1n) is 6.67. The first-order valence-corrected chi connectivity index (χ1v) is 9.41. The number of thiophene rings is 2. The normalized spacial score (nSPS) is 11.1. The van der Waals surface area contributed by atoms with Crippen molar-refractivity contribution in [3.8, 4) is 21.5 Å². The summed E-state index contributed by atoms with van der Waals surface area (Å²) in [4.78, 5) is 6.49. The Bertz CT molecular complexity index is 895. The average Bonchev–Trinajstić information content (AvgIpc) is 3.33. The topological polar surface area (TPSA) is 82.8 Å². The lowest BCUT2D eigenvalue weighted by atomic mass is 10.4. The Morgan fingerprint density at radius 2 is 1.91 bits per heavy atom. The highest BCUT2D eigenvalue weighted by molar-refractivity contribution is 7.98. The zero-order valence-corrected chi connectivity index (χ0v) is 14.2. The number of nitrogens with two attached hydrogens (primary N) is 1. The Labute approximate surface area is 144 Å². The van der Waals surface area contributed by atoms with Crippen LogP contribution in [0, 0.1) is 0 Å². The summed E-state index contributed by atoms with van der Waals surface area (Å²) < 4.78 is 7.02. The van der Waals surface area contributed by atoms with Gasteiger partial charge in [0.15, 0.2) is 5.82 Å². The second kappa shape index (κ2) is 6.19. The van der Waals surface area contributed by atoms with E-state index in [0.29, 0.717) is 22.6 Å². The van der Waals surface area contributed by atoms with Gasteiger partial charge in [-0.3, -0.25) is 0 Å². The van der Waals surface area contributed by atoms with Crippen LogP contribution in [0.25, 0.3) is 21.5 Å². The Balaban J connectivity index is 1.48. The lowest BCUT2D eigenvalue weighted by Crippen LogP contribution is -2.11. The van der Waals surface area contributed by atoms with Gasteiger partial charge in [0, 0.05) is 5.75 Å². The van der Waals surface area contributed by atoms with E-state index in [-0.39, 0.29) is 0 Å². The van der Waals surface area contributed by atoms with Gasteiger partial charge >= 0.3 is 0 Å². The molecule has 0 spiro atoms. The molecule has 116 valence electrons. The van der Waals surface area contributed by atoms with Gasteiger partial charge in [0.2, 0.25) is 11.0 Å². The van der Waals surface area contributed by atoms with Crippen LogP contribution in [0.5, 0.6) is 0 Å². The largest absolute Gasteiger partial charge is 0.444 e. The Hall–Kier alpha value is -2.10. The van der Waals surface area contributed by atoms with E-state index < -0.39 is 0 Å². The van der Waals surface area contributed by atoms with Gasteiger partial charge in [-0.2, -0.15) is 0 Å². The molecule has 4 aromatic heterocycles. The van der Waals surface area contributed by atoms with Gasteiger partial charge in [-0.15, -0.1) is 32.9 Å². The molecular formula is C14H11N5OS3. The number of aromatic nitrogens is 4. The smallest absolute Gasteiger partial charge is 0.236 e. The summed E-state index contributed by atoms with van der Waals surface area (Å²) in [6.07, 6.45) is 1.67. The van der Waals surface area contributed by atoms with Gasteiger partial charge in [-0.25, -0.2) is 9.66 Å². The minimum atomic E-state index is 0.620.